The molecule has 0 spiro atoms. The summed E-state index contributed by atoms with van der Waals surface area (Å²) in [6, 6.07) is 70.1. The zero-order chi connectivity index (χ0) is 38.6. The van der Waals surface area contributed by atoms with E-state index < -0.39 is 13.5 Å². The van der Waals surface area contributed by atoms with Gasteiger partial charge in [0.1, 0.15) is 0 Å². The topological polar surface area (TPSA) is 38.7 Å². The molecule has 272 valence electrons. The van der Waals surface area contributed by atoms with E-state index in [4.69, 9.17) is 15.0 Å². The lowest BCUT2D eigenvalue weighted by molar-refractivity contribution is 0.768. The first kappa shape index (κ1) is 34.7. The van der Waals surface area contributed by atoms with Gasteiger partial charge in [-0.25, -0.2) is 15.0 Å². The lowest BCUT2D eigenvalue weighted by Gasteiger charge is -2.33. The molecule has 4 heteroatoms. The number of hydrogen-bond acceptors (Lipinski definition) is 3. The average Bonchev–Trinajstić information content (AvgIpc) is 3.57. The molecule has 0 radical (unpaired) electrons. The van der Waals surface area contributed by atoms with Gasteiger partial charge in [0.15, 0.2) is 17.5 Å². The monoisotopic (exact) mass is 747 g/mol. The summed E-state index contributed by atoms with van der Waals surface area (Å²) in [4.78, 5) is 15.5. The third kappa shape index (κ3) is 5.92. The first-order chi connectivity index (χ1) is 27.9. The van der Waals surface area contributed by atoms with Gasteiger partial charge >= 0.3 is 0 Å². The Bertz CT molecular complexity index is 2890. The Morgan fingerprint density at radius 3 is 1.63 bits per heavy atom. The fraction of sp³-hybridized carbons (Fsp3) is 0.0755. The minimum atomic E-state index is -1.48. The maximum absolute atomic E-state index is 5.20. The zero-order valence-corrected chi connectivity index (χ0v) is 33.3. The molecule has 8 aromatic carbocycles. The number of hydrogen-bond donors (Lipinski definition) is 0. The van der Waals surface area contributed by atoms with Crippen LogP contribution in [0.3, 0.4) is 0 Å². The van der Waals surface area contributed by atoms with Crippen LogP contribution in [0.2, 0.25) is 19.6 Å². The smallest absolute Gasteiger partial charge is 0.164 e. The predicted octanol–water partition coefficient (Wildman–Crippen LogP) is 12.6. The van der Waals surface area contributed by atoms with Crippen LogP contribution < -0.4 is 5.19 Å². The molecule has 9 aromatic rings. The van der Waals surface area contributed by atoms with Gasteiger partial charge < -0.3 is 0 Å². The van der Waals surface area contributed by atoms with Crippen molar-refractivity contribution in [1.82, 2.24) is 15.0 Å². The highest BCUT2D eigenvalue weighted by Gasteiger charge is 2.45. The summed E-state index contributed by atoms with van der Waals surface area (Å²) < 4.78 is 0. The molecule has 0 fully saturated rings. The maximum atomic E-state index is 5.20. The molecule has 57 heavy (non-hydrogen) atoms. The lowest BCUT2D eigenvalue weighted by atomic mass is 9.67. The summed E-state index contributed by atoms with van der Waals surface area (Å²) in [6.45, 7) is 7.12. The van der Waals surface area contributed by atoms with E-state index in [-0.39, 0.29) is 0 Å². The molecule has 0 amide bonds. The van der Waals surface area contributed by atoms with Crippen molar-refractivity contribution in [2.75, 3.05) is 0 Å². The van der Waals surface area contributed by atoms with E-state index >= 15 is 0 Å². The van der Waals surface area contributed by atoms with Crippen LogP contribution in [0.15, 0.2) is 194 Å². The van der Waals surface area contributed by atoms with Gasteiger partial charge in [0, 0.05) is 16.7 Å². The van der Waals surface area contributed by atoms with Crippen LogP contribution in [-0.4, -0.2) is 23.0 Å². The van der Waals surface area contributed by atoms with E-state index in [1.807, 2.05) is 0 Å². The van der Waals surface area contributed by atoms with Crippen molar-refractivity contribution >= 4 is 24.0 Å². The van der Waals surface area contributed by atoms with Crippen LogP contribution in [0.5, 0.6) is 0 Å². The van der Waals surface area contributed by atoms with Gasteiger partial charge in [-0.3, -0.25) is 0 Å². The van der Waals surface area contributed by atoms with E-state index in [2.05, 4.69) is 214 Å². The molecule has 0 saturated heterocycles. The van der Waals surface area contributed by atoms with Crippen LogP contribution in [0.4, 0.5) is 0 Å². The summed E-state index contributed by atoms with van der Waals surface area (Å²) in [5.74, 6) is 1.99. The van der Waals surface area contributed by atoms with Gasteiger partial charge in [-0.05, 0) is 67.4 Å². The molecule has 0 N–H and O–H groups in total. The standard InChI is InChI=1S/C53H41N3Si/c1-57(2,3)43-31-28-37(29-32-43)50-54-51(56-52(55-50)46-26-15-17-36-16-10-11-24-44(36)46)40-19-14-18-38(34-40)39-30-33-49-47(35-39)45-25-12-13-27-48(45)53(49,41-20-6-4-7-21-41)42-22-8-5-9-23-42/h4-35H,1-3H3. The summed E-state index contributed by atoms with van der Waals surface area (Å²) in [7, 11) is -1.48. The minimum Gasteiger partial charge on any atom is -0.208 e. The quantitative estimate of drug-likeness (QED) is 0.152. The van der Waals surface area contributed by atoms with Crippen molar-refractivity contribution < 1.29 is 0 Å². The second-order valence-corrected chi connectivity index (χ2v) is 21.1. The predicted molar refractivity (Wildman–Crippen MR) is 239 cm³/mol. The molecular weight excluding hydrogens is 707 g/mol. The fourth-order valence-electron chi connectivity index (χ4n) is 8.76. The van der Waals surface area contributed by atoms with Gasteiger partial charge in [-0.15, -0.1) is 0 Å². The SMILES string of the molecule is C[Si](C)(C)c1ccc(-c2nc(-c3cccc(-c4ccc5c(c4)-c4ccccc4C5(c4ccccc4)c4ccccc4)c3)nc(-c3cccc4ccccc34)n2)cc1. The number of rotatable bonds is 7. The first-order valence-corrected chi connectivity index (χ1v) is 23.2. The van der Waals surface area contributed by atoms with Crippen molar-refractivity contribution in [3.8, 4) is 56.4 Å². The Morgan fingerprint density at radius 1 is 0.368 bits per heavy atom. The lowest BCUT2D eigenvalue weighted by Crippen LogP contribution is -2.37. The van der Waals surface area contributed by atoms with Gasteiger partial charge in [-0.1, -0.05) is 207 Å². The van der Waals surface area contributed by atoms with E-state index in [9.17, 15) is 0 Å². The molecule has 3 nitrogen and oxygen atoms in total. The van der Waals surface area contributed by atoms with Gasteiger partial charge in [0.05, 0.1) is 13.5 Å². The summed E-state index contributed by atoms with van der Waals surface area (Å²) in [6.07, 6.45) is 0. The molecule has 1 aliphatic carbocycles. The Kier molecular flexibility index (Phi) is 8.39. The first-order valence-electron chi connectivity index (χ1n) is 19.7. The zero-order valence-electron chi connectivity index (χ0n) is 32.3. The number of aromatic nitrogens is 3. The Labute approximate surface area is 335 Å². The number of nitrogens with zero attached hydrogens (tertiary/aromatic N) is 3. The van der Waals surface area contributed by atoms with E-state index in [1.54, 1.807) is 0 Å². The van der Waals surface area contributed by atoms with Gasteiger partial charge in [-0.2, -0.15) is 0 Å². The summed E-state index contributed by atoms with van der Waals surface area (Å²) in [5, 5.41) is 3.68. The van der Waals surface area contributed by atoms with E-state index in [1.165, 1.54) is 38.6 Å². The fourth-order valence-corrected chi connectivity index (χ4v) is 9.93. The summed E-state index contributed by atoms with van der Waals surface area (Å²) >= 11 is 0. The Morgan fingerprint density at radius 2 is 0.895 bits per heavy atom. The molecule has 10 rings (SSSR count). The van der Waals surface area contributed by atoms with Gasteiger partial charge in [0.25, 0.3) is 0 Å². The normalized spacial score (nSPS) is 13.0. The second-order valence-electron chi connectivity index (χ2n) is 16.0. The molecule has 0 aliphatic heterocycles. The second kappa shape index (κ2) is 13.8. The van der Waals surface area contributed by atoms with Crippen LogP contribution in [-0.2, 0) is 5.41 Å². The molecule has 0 bridgehead atoms. The average molecular weight is 748 g/mol. The maximum Gasteiger partial charge on any atom is 0.164 e. The summed E-state index contributed by atoms with van der Waals surface area (Å²) in [5.41, 5.74) is 12.4. The minimum absolute atomic E-state index is 0.429. The molecule has 0 unspecified atom stereocenters. The third-order valence-corrected chi connectivity index (χ3v) is 13.7. The van der Waals surface area contributed by atoms with Crippen LogP contribution in [0.25, 0.3) is 67.2 Å². The van der Waals surface area contributed by atoms with Crippen molar-refractivity contribution in [1.29, 1.82) is 0 Å². The number of benzene rings is 8. The van der Waals surface area contributed by atoms with E-state index in [0.717, 1.165) is 38.6 Å². The van der Waals surface area contributed by atoms with Crippen molar-refractivity contribution in [3.05, 3.63) is 216 Å². The van der Waals surface area contributed by atoms with Crippen molar-refractivity contribution in [2.45, 2.75) is 25.1 Å². The highest BCUT2D eigenvalue weighted by atomic mass is 28.3. The third-order valence-electron chi connectivity index (χ3n) is 11.6. The van der Waals surface area contributed by atoms with Gasteiger partial charge in [0.2, 0.25) is 0 Å². The Balaban J connectivity index is 1.12. The Hall–Kier alpha value is -6.75. The molecular formula is C53H41N3Si. The largest absolute Gasteiger partial charge is 0.208 e. The number of fused-ring (bicyclic) bond motifs is 4. The van der Waals surface area contributed by atoms with Crippen molar-refractivity contribution in [2.24, 2.45) is 0 Å². The van der Waals surface area contributed by atoms with Crippen LogP contribution in [0.1, 0.15) is 22.3 Å². The van der Waals surface area contributed by atoms with E-state index in [0.29, 0.717) is 17.5 Å². The van der Waals surface area contributed by atoms with Crippen molar-refractivity contribution in [3.63, 3.8) is 0 Å². The molecule has 0 saturated carbocycles. The highest BCUT2D eigenvalue weighted by Crippen LogP contribution is 2.56. The molecule has 1 aromatic heterocycles. The highest BCUT2D eigenvalue weighted by molar-refractivity contribution is 6.88. The van der Waals surface area contributed by atoms with Crippen LogP contribution in [0, 0.1) is 0 Å². The molecule has 0 atom stereocenters. The van der Waals surface area contributed by atoms with Crippen LogP contribution >= 0.6 is 0 Å². The molecule has 1 aliphatic rings. The molecule has 1 heterocycles.